The minimum Gasteiger partial charge on any atom is -0.494 e. The Balaban J connectivity index is 3.57. The van der Waals surface area contributed by atoms with Gasteiger partial charge in [0.25, 0.3) is 5.56 Å². The minimum atomic E-state index is -0.501. The summed E-state index contributed by atoms with van der Waals surface area (Å²) in [7, 11) is 2.61. The number of aromatic hydroxyl groups is 1. The van der Waals surface area contributed by atoms with Crippen LogP contribution >= 0.6 is 0 Å². The molecule has 0 aliphatic heterocycles. The van der Waals surface area contributed by atoms with Crippen molar-refractivity contribution in [1.29, 1.82) is 0 Å². The summed E-state index contributed by atoms with van der Waals surface area (Å²) in [6, 6.07) is 1.08. The Labute approximate surface area is 73.4 Å². The predicted octanol–water partition coefficient (Wildman–Crippen LogP) is 0.497. The Morgan fingerprint density at radius 1 is 1.62 bits per heavy atom. The highest BCUT2D eigenvalue weighted by Crippen LogP contribution is 2.33. The second kappa shape index (κ2) is 3.26. The summed E-state index contributed by atoms with van der Waals surface area (Å²) in [5.41, 5.74) is -0.744. The van der Waals surface area contributed by atoms with Gasteiger partial charge < -0.3 is 9.84 Å². The van der Waals surface area contributed by atoms with Gasteiger partial charge in [0.15, 0.2) is 5.75 Å². The molecule has 1 heterocycles. The first kappa shape index (κ1) is 9.24. The van der Waals surface area contributed by atoms with E-state index in [-0.39, 0.29) is 11.4 Å². The van der Waals surface area contributed by atoms with Crippen molar-refractivity contribution in [2.75, 3.05) is 7.11 Å². The van der Waals surface area contributed by atoms with Gasteiger partial charge in [0, 0.05) is 13.1 Å². The largest absolute Gasteiger partial charge is 0.494 e. The fraction of sp³-hybridized carbons (Fsp3) is 0.286. The summed E-state index contributed by atoms with van der Waals surface area (Å²) in [6.45, 7) is 0. The average Bonchev–Trinajstić information content (AvgIpc) is 2.13. The van der Waals surface area contributed by atoms with Crippen molar-refractivity contribution in [1.82, 2.24) is 4.57 Å². The van der Waals surface area contributed by atoms with Crippen molar-refractivity contribution in [2.24, 2.45) is 12.2 Å². The molecule has 0 aliphatic carbocycles. The number of pyridine rings is 1. The van der Waals surface area contributed by atoms with E-state index in [4.69, 9.17) is 0 Å². The molecular weight excluding hydrogens is 176 g/mol. The van der Waals surface area contributed by atoms with Gasteiger partial charge in [0.1, 0.15) is 0 Å². The zero-order valence-corrected chi connectivity index (χ0v) is 7.14. The number of hydrogen-bond acceptors (Lipinski definition) is 5. The van der Waals surface area contributed by atoms with E-state index >= 15 is 0 Å². The molecule has 0 saturated carbocycles. The van der Waals surface area contributed by atoms with Crippen LogP contribution in [0.25, 0.3) is 0 Å². The van der Waals surface area contributed by atoms with Crippen LogP contribution in [-0.2, 0) is 7.05 Å². The topological polar surface area (TPSA) is 80.9 Å². The van der Waals surface area contributed by atoms with Crippen molar-refractivity contribution < 1.29 is 9.84 Å². The number of hydrogen-bond donors (Lipinski definition) is 1. The molecule has 13 heavy (non-hydrogen) atoms. The molecule has 1 rings (SSSR count). The van der Waals surface area contributed by atoms with Gasteiger partial charge in [-0.25, -0.2) is 0 Å². The lowest BCUT2D eigenvalue weighted by Gasteiger charge is -2.06. The van der Waals surface area contributed by atoms with E-state index in [1.54, 1.807) is 0 Å². The first-order chi connectivity index (χ1) is 6.11. The smallest absolute Gasteiger partial charge is 0.256 e. The molecule has 1 N–H and O–H groups in total. The second-order valence-corrected chi connectivity index (χ2v) is 2.37. The summed E-state index contributed by atoms with van der Waals surface area (Å²) in [6.07, 6.45) is 0. The maximum atomic E-state index is 11.1. The van der Waals surface area contributed by atoms with Crippen LogP contribution in [0.15, 0.2) is 16.0 Å². The Morgan fingerprint density at radius 2 is 2.23 bits per heavy atom. The fourth-order valence-corrected chi connectivity index (χ4v) is 0.892. The van der Waals surface area contributed by atoms with E-state index in [0.717, 1.165) is 10.6 Å². The molecule has 1 aromatic rings. The van der Waals surface area contributed by atoms with E-state index in [2.05, 4.69) is 9.91 Å². The zero-order chi connectivity index (χ0) is 10.0. The molecule has 0 spiro atoms. The van der Waals surface area contributed by atoms with E-state index in [1.807, 2.05) is 0 Å². The Hall–Kier alpha value is -1.85. The van der Waals surface area contributed by atoms with Crippen molar-refractivity contribution in [2.45, 2.75) is 0 Å². The molecule has 6 heteroatoms. The first-order valence-corrected chi connectivity index (χ1v) is 3.42. The highest BCUT2D eigenvalue weighted by Gasteiger charge is 2.13. The molecular formula is C7H8N2O4. The molecule has 0 fully saturated rings. The molecule has 0 unspecified atom stereocenters. The number of nitroso groups, excluding NO2 is 1. The van der Waals surface area contributed by atoms with Crippen LogP contribution in [0, 0.1) is 4.91 Å². The first-order valence-electron chi connectivity index (χ1n) is 3.42. The van der Waals surface area contributed by atoms with Gasteiger partial charge in [-0.1, -0.05) is 0 Å². The summed E-state index contributed by atoms with van der Waals surface area (Å²) in [5, 5.41) is 11.8. The number of ether oxygens (including phenoxy) is 1. The zero-order valence-electron chi connectivity index (χ0n) is 7.14. The standard InChI is InChI=1S/C7H8N2O4/c1-9-5(10)3-4(13-2)6(8-12)7(9)11/h3,11H,1-2H3. The van der Waals surface area contributed by atoms with Crippen molar-refractivity contribution in [3.63, 3.8) is 0 Å². The van der Waals surface area contributed by atoms with Crippen molar-refractivity contribution in [3.05, 3.63) is 21.3 Å². The van der Waals surface area contributed by atoms with Crippen LogP contribution in [0.4, 0.5) is 5.69 Å². The van der Waals surface area contributed by atoms with Crippen LogP contribution in [0.1, 0.15) is 0 Å². The molecule has 0 bridgehead atoms. The lowest BCUT2D eigenvalue weighted by Crippen LogP contribution is -2.15. The van der Waals surface area contributed by atoms with Gasteiger partial charge >= 0.3 is 0 Å². The highest BCUT2D eigenvalue weighted by molar-refractivity contribution is 5.58. The third-order valence-corrected chi connectivity index (χ3v) is 1.66. The van der Waals surface area contributed by atoms with Gasteiger partial charge in [0.2, 0.25) is 11.6 Å². The molecule has 0 radical (unpaired) electrons. The second-order valence-electron chi connectivity index (χ2n) is 2.37. The predicted molar refractivity (Wildman–Crippen MR) is 45.4 cm³/mol. The quantitative estimate of drug-likeness (QED) is 0.678. The monoisotopic (exact) mass is 184 g/mol. The summed E-state index contributed by atoms with van der Waals surface area (Å²) in [5.74, 6) is -0.532. The van der Waals surface area contributed by atoms with Gasteiger partial charge in [-0.2, -0.15) is 0 Å². The maximum absolute atomic E-state index is 11.1. The van der Waals surface area contributed by atoms with E-state index in [0.29, 0.717) is 0 Å². The number of nitrogens with zero attached hydrogens (tertiary/aromatic N) is 2. The summed E-state index contributed by atoms with van der Waals surface area (Å²) >= 11 is 0. The van der Waals surface area contributed by atoms with Crippen LogP contribution in [0.5, 0.6) is 11.6 Å². The van der Waals surface area contributed by atoms with E-state index in [9.17, 15) is 14.8 Å². The molecule has 70 valence electrons. The molecule has 1 aromatic heterocycles. The van der Waals surface area contributed by atoms with Crippen LogP contribution < -0.4 is 10.3 Å². The number of methoxy groups -OCH3 is 1. The summed E-state index contributed by atoms with van der Waals surface area (Å²) in [4.78, 5) is 21.3. The van der Waals surface area contributed by atoms with Gasteiger partial charge in [-0.15, -0.1) is 4.91 Å². The van der Waals surface area contributed by atoms with Gasteiger partial charge in [-0.05, 0) is 5.18 Å². The normalized spacial score (nSPS) is 9.69. The Morgan fingerprint density at radius 3 is 2.69 bits per heavy atom. The van der Waals surface area contributed by atoms with E-state index in [1.165, 1.54) is 14.2 Å². The average molecular weight is 184 g/mol. The molecule has 6 nitrogen and oxygen atoms in total. The third-order valence-electron chi connectivity index (χ3n) is 1.66. The lowest BCUT2D eigenvalue weighted by atomic mass is 10.3. The maximum Gasteiger partial charge on any atom is 0.256 e. The molecule has 0 atom stereocenters. The minimum absolute atomic E-state index is 0.0319. The molecule has 0 aliphatic rings. The lowest BCUT2D eigenvalue weighted by molar-refractivity contribution is 0.393. The number of rotatable bonds is 2. The highest BCUT2D eigenvalue weighted by atomic mass is 16.5. The van der Waals surface area contributed by atoms with Gasteiger partial charge in [0.05, 0.1) is 7.11 Å². The molecule has 0 amide bonds. The van der Waals surface area contributed by atoms with Crippen molar-refractivity contribution >= 4 is 5.69 Å². The van der Waals surface area contributed by atoms with Crippen molar-refractivity contribution in [3.8, 4) is 11.6 Å². The third kappa shape index (κ3) is 1.37. The Kier molecular flexibility index (Phi) is 2.32. The van der Waals surface area contributed by atoms with Gasteiger partial charge in [-0.3, -0.25) is 9.36 Å². The van der Waals surface area contributed by atoms with Crippen LogP contribution in [-0.4, -0.2) is 16.8 Å². The Bertz CT molecular complexity index is 396. The molecule has 0 saturated heterocycles. The van der Waals surface area contributed by atoms with E-state index < -0.39 is 11.4 Å². The summed E-state index contributed by atoms with van der Waals surface area (Å²) < 4.78 is 5.59. The number of aromatic nitrogens is 1. The SMILES string of the molecule is COc1cc(=O)n(C)c(O)c1N=O. The molecule has 0 aromatic carbocycles. The van der Waals surface area contributed by atoms with Crippen LogP contribution in [0.3, 0.4) is 0 Å². The van der Waals surface area contributed by atoms with Crippen LogP contribution in [0.2, 0.25) is 0 Å². The fourth-order valence-electron chi connectivity index (χ4n) is 0.892.